The number of nitrogens with one attached hydrogen (secondary N) is 1. The molecule has 0 fully saturated rings. The van der Waals surface area contributed by atoms with Gasteiger partial charge in [0, 0.05) is 18.0 Å². The lowest BCUT2D eigenvalue weighted by atomic mass is 10.0. The second kappa shape index (κ2) is 4.87. The molecule has 1 aromatic heterocycles. The Kier molecular flexibility index (Phi) is 3.28. The first-order valence-electron chi connectivity index (χ1n) is 5.70. The number of benzene rings is 1. The van der Waals surface area contributed by atoms with E-state index in [1.54, 1.807) is 12.3 Å². The van der Waals surface area contributed by atoms with Crippen LogP contribution in [0, 0.1) is 6.92 Å². The summed E-state index contributed by atoms with van der Waals surface area (Å²) < 4.78 is 0. The molecule has 0 spiro atoms. The van der Waals surface area contributed by atoms with Gasteiger partial charge in [-0.25, -0.2) is 4.98 Å². The summed E-state index contributed by atoms with van der Waals surface area (Å²) in [6.45, 7) is 4.23. The summed E-state index contributed by atoms with van der Waals surface area (Å²) in [4.78, 5) is 4.24. The highest BCUT2D eigenvalue weighted by Crippen LogP contribution is 2.21. The molecule has 1 unspecified atom stereocenters. The van der Waals surface area contributed by atoms with Gasteiger partial charge < -0.3 is 11.1 Å². The van der Waals surface area contributed by atoms with E-state index in [0.29, 0.717) is 0 Å². The van der Waals surface area contributed by atoms with Crippen LogP contribution >= 0.6 is 0 Å². The average molecular weight is 227 g/mol. The van der Waals surface area contributed by atoms with E-state index in [-0.39, 0.29) is 6.04 Å². The summed E-state index contributed by atoms with van der Waals surface area (Å²) in [5, 5.41) is 3.35. The molecule has 0 bridgehead atoms. The molecule has 1 heterocycles. The first-order valence-corrected chi connectivity index (χ1v) is 5.70. The van der Waals surface area contributed by atoms with Crippen LogP contribution in [0.15, 0.2) is 42.6 Å². The fourth-order valence-corrected chi connectivity index (χ4v) is 1.90. The van der Waals surface area contributed by atoms with Gasteiger partial charge in [0.05, 0.1) is 6.04 Å². The Morgan fingerprint density at radius 2 is 2.00 bits per heavy atom. The average Bonchev–Trinajstić information content (AvgIpc) is 2.29. The van der Waals surface area contributed by atoms with E-state index in [0.717, 1.165) is 11.5 Å². The Balaban J connectivity index is 2.17. The number of anilines is 2. The van der Waals surface area contributed by atoms with E-state index in [4.69, 9.17) is 5.73 Å². The molecule has 88 valence electrons. The second-order valence-electron chi connectivity index (χ2n) is 4.20. The fourth-order valence-electron chi connectivity index (χ4n) is 1.90. The zero-order valence-corrected chi connectivity index (χ0v) is 10.1. The molecule has 2 aromatic rings. The summed E-state index contributed by atoms with van der Waals surface area (Å²) in [5.74, 6) is 0.806. The van der Waals surface area contributed by atoms with Crippen LogP contribution in [-0.4, -0.2) is 4.98 Å². The van der Waals surface area contributed by atoms with Crippen molar-refractivity contribution < 1.29 is 0 Å². The van der Waals surface area contributed by atoms with Crippen LogP contribution in [-0.2, 0) is 0 Å². The number of rotatable bonds is 3. The van der Waals surface area contributed by atoms with Crippen LogP contribution in [0.3, 0.4) is 0 Å². The maximum Gasteiger partial charge on any atom is 0.128 e. The van der Waals surface area contributed by atoms with Gasteiger partial charge in [-0.2, -0.15) is 0 Å². The van der Waals surface area contributed by atoms with E-state index in [9.17, 15) is 0 Å². The summed E-state index contributed by atoms with van der Waals surface area (Å²) in [7, 11) is 0. The van der Waals surface area contributed by atoms with Gasteiger partial charge in [-0.15, -0.1) is 0 Å². The van der Waals surface area contributed by atoms with E-state index in [1.165, 1.54) is 11.1 Å². The number of nitrogen functional groups attached to an aromatic ring is 1. The number of aryl methyl sites for hydroxylation is 1. The van der Waals surface area contributed by atoms with Crippen molar-refractivity contribution in [3.05, 3.63) is 53.7 Å². The fraction of sp³-hybridized carbons (Fsp3) is 0.214. The quantitative estimate of drug-likeness (QED) is 0.847. The van der Waals surface area contributed by atoms with Gasteiger partial charge in [0.1, 0.15) is 5.82 Å². The molecular weight excluding hydrogens is 210 g/mol. The molecule has 0 saturated carbocycles. The Morgan fingerprint density at radius 1 is 1.24 bits per heavy atom. The Bertz CT molecular complexity index is 508. The molecule has 2 rings (SSSR count). The molecule has 0 radical (unpaired) electrons. The Morgan fingerprint density at radius 3 is 2.71 bits per heavy atom. The molecule has 0 aliphatic carbocycles. The van der Waals surface area contributed by atoms with Gasteiger partial charge in [-0.1, -0.05) is 24.3 Å². The van der Waals surface area contributed by atoms with Crippen molar-refractivity contribution in [2.75, 3.05) is 11.1 Å². The SMILES string of the molecule is Cc1ccccc1C(C)Nc1cc(N)ccn1. The molecule has 0 amide bonds. The summed E-state index contributed by atoms with van der Waals surface area (Å²) in [6, 6.07) is 12.2. The van der Waals surface area contributed by atoms with Gasteiger partial charge in [0.2, 0.25) is 0 Å². The van der Waals surface area contributed by atoms with Gasteiger partial charge in [-0.05, 0) is 31.0 Å². The van der Waals surface area contributed by atoms with Crippen LogP contribution < -0.4 is 11.1 Å². The highest BCUT2D eigenvalue weighted by atomic mass is 15.0. The van der Waals surface area contributed by atoms with Gasteiger partial charge in [0.15, 0.2) is 0 Å². The molecule has 0 aliphatic heterocycles. The van der Waals surface area contributed by atoms with Gasteiger partial charge in [-0.3, -0.25) is 0 Å². The largest absolute Gasteiger partial charge is 0.399 e. The molecule has 0 saturated heterocycles. The molecule has 17 heavy (non-hydrogen) atoms. The third kappa shape index (κ3) is 2.75. The maximum absolute atomic E-state index is 5.72. The maximum atomic E-state index is 5.72. The minimum atomic E-state index is 0.213. The first kappa shape index (κ1) is 11.5. The van der Waals surface area contributed by atoms with Crippen LogP contribution in [0.4, 0.5) is 11.5 Å². The molecule has 3 nitrogen and oxygen atoms in total. The van der Waals surface area contributed by atoms with Crippen molar-refractivity contribution in [1.82, 2.24) is 4.98 Å². The van der Waals surface area contributed by atoms with Crippen molar-refractivity contribution in [3.63, 3.8) is 0 Å². The number of nitrogens with zero attached hydrogens (tertiary/aromatic N) is 1. The predicted molar refractivity (Wildman–Crippen MR) is 71.9 cm³/mol. The van der Waals surface area contributed by atoms with Crippen LogP contribution in [0.25, 0.3) is 0 Å². The van der Waals surface area contributed by atoms with Crippen LogP contribution in [0.5, 0.6) is 0 Å². The first-order chi connectivity index (χ1) is 8.16. The highest BCUT2D eigenvalue weighted by molar-refractivity contribution is 5.49. The minimum absolute atomic E-state index is 0.213. The third-order valence-corrected chi connectivity index (χ3v) is 2.80. The van der Waals surface area contributed by atoms with E-state index in [1.807, 2.05) is 18.2 Å². The van der Waals surface area contributed by atoms with Gasteiger partial charge in [0.25, 0.3) is 0 Å². The van der Waals surface area contributed by atoms with E-state index in [2.05, 4.69) is 36.3 Å². The Labute approximate surface area is 102 Å². The molecule has 0 aliphatic rings. The number of pyridine rings is 1. The zero-order valence-electron chi connectivity index (χ0n) is 10.1. The lowest BCUT2D eigenvalue weighted by Gasteiger charge is -2.17. The van der Waals surface area contributed by atoms with E-state index < -0.39 is 0 Å². The normalized spacial score (nSPS) is 12.1. The van der Waals surface area contributed by atoms with Crippen molar-refractivity contribution >= 4 is 11.5 Å². The lowest BCUT2D eigenvalue weighted by Crippen LogP contribution is -2.09. The van der Waals surface area contributed by atoms with Crippen LogP contribution in [0.1, 0.15) is 24.1 Å². The highest BCUT2D eigenvalue weighted by Gasteiger charge is 2.07. The number of aromatic nitrogens is 1. The molecule has 3 heteroatoms. The monoisotopic (exact) mass is 227 g/mol. The summed E-state index contributed by atoms with van der Waals surface area (Å²) in [6.07, 6.45) is 1.71. The number of nitrogens with two attached hydrogens (primary N) is 1. The van der Waals surface area contributed by atoms with Crippen LogP contribution in [0.2, 0.25) is 0 Å². The molecular formula is C14H17N3. The standard InChI is InChI=1S/C14H17N3/c1-10-5-3-4-6-13(10)11(2)17-14-9-12(15)7-8-16-14/h3-9,11H,1-2H3,(H3,15,16,17). The predicted octanol–water partition coefficient (Wildman–Crippen LogP) is 3.15. The van der Waals surface area contributed by atoms with E-state index >= 15 is 0 Å². The minimum Gasteiger partial charge on any atom is -0.399 e. The second-order valence-corrected chi connectivity index (χ2v) is 4.20. The zero-order chi connectivity index (χ0) is 12.3. The van der Waals surface area contributed by atoms with Crippen molar-refractivity contribution in [3.8, 4) is 0 Å². The third-order valence-electron chi connectivity index (χ3n) is 2.80. The summed E-state index contributed by atoms with van der Waals surface area (Å²) >= 11 is 0. The number of hydrogen-bond donors (Lipinski definition) is 2. The molecule has 1 aromatic carbocycles. The summed E-state index contributed by atoms with van der Waals surface area (Å²) in [5.41, 5.74) is 8.99. The topological polar surface area (TPSA) is 50.9 Å². The Hall–Kier alpha value is -2.03. The lowest BCUT2D eigenvalue weighted by molar-refractivity contribution is 0.865. The molecule has 1 atom stereocenters. The smallest absolute Gasteiger partial charge is 0.128 e. The molecule has 3 N–H and O–H groups in total. The van der Waals surface area contributed by atoms with Crippen molar-refractivity contribution in [2.45, 2.75) is 19.9 Å². The number of hydrogen-bond acceptors (Lipinski definition) is 3. The van der Waals surface area contributed by atoms with Crippen molar-refractivity contribution in [2.24, 2.45) is 0 Å². The van der Waals surface area contributed by atoms with Gasteiger partial charge >= 0.3 is 0 Å². The van der Waals surface area contributed by atoms with Crippen molar-refractivity contribution in [1.29, 1.82) is 0 Å².